The van der Waals surface area contributed by atoms with E-state index in [-0.39, 0.29) is 12.1 Å². The summed E-state index contributed by atoms with van der Waals surface area (Å²) >= 11 is 0. The van der Waals surface area contributed by atoms with Crippen LogP contribution in [0.15, 0.2) is 0 Å². The molecule has 0 radical (unpaired) electrons. The van der Waals surface area contributed by atoms with E-state index in [1.54, 1.807) is 0 Å². The number of hydrogen-bond acceptors (Lipinski definition) is 1. The first-order valence-corrected chi connectivity index (χ1v) is 2.88. The normalized spacial score (nSPS) is 12.0. The Morgan fingerprint density at radius 2 is 2.00 bits per heavy atom. The summed E-state index contributed by atoms with van der Waals surface area (Å²) in [5, 5.41) is 0. The average Bonchev–Trinajstić information content (AvgIpc) is 1.67. The fourth-order valence-corrected chi connectivity index (χ4v) is 0.458. The summed E-state index contributed by atoms with van der Waals surface area (Å²) in [5.74, 6) is 0. The monoisotopic (exact) mass is 119 g/mol. The number of halogens is 1. The van der Waals surface area contributed by atoms with Crippen LogP contribution >= 0.6 is 0 Å². The van der Waals surface area contributed by atoms with Crippen molar-refractivity contribution in [3.63, 3.8) is 0 Å². The molecule has 0 amide bonds. The lowest BCUT2D eigenvalue weighted by molar-refractivity contribution is 0.244. The number of nitrogens with two attached hydrogens (primary N) is 1. The van der Waals surface area contributed by atoms with E-state index in [9.17, 15) is 4.39 Å². The molecule has 0 saturated carbocycles. The second-order valence-electron chi connectivity index (χ2n) is 2.84. The average molecular weight is 119 g/mol. The van der Waals surface area contributed by atoms with Crippen molar-refractivity contribution >= 4 is 0 Å². The molecule has 0 saturated heterocycles. The van der Waals surface area contributed by atoms with E-state index in [4.69, 9.17) is 5.73 Å². The molecule has 50 valence electrons. The Kier molecular flexibility index (Phi) is 2.98. The molecule has 0 spiro atoms. The predicted molar refractivity (Wildman–Crippen MR) is 33.4 cm³/mol. The van der Waals surface area contributed by atoms with Crippen LogP contribution in [0.2, 0.25) is 0 Å². The summed E-state index contributed by atoms with van der Waals surface area (Å²) in [6, 6.07) is 0. The molecule has 1 nitrogen and oxygen atoms in total. The van der Waals surface area contributed by atoms with Crippen LogP contribution in [0.4, 0.5) is 4.39 Å². The van der Waals surface area contributed by atoms with Gasteiger partial charge in [-0.3, -0.25) is 4.39 Å². The standard InChI is InChI=1S/C6H14FN/c1-6(2,5-7)3-4-8/h3-5,8H2,1-2H3. The molecule has 0 aromatic carbocycles. The van der Waals surface area contributed by atoms with Crippen LogP contribution in [0.5, 0.6) is 0 Å². The fraction of sp³-hybridized carbons (Fsp3) is 1.00. The van der Waals surface area contributed by atoms with Gasteiger partial charge in [0, 0.05) is 0 Å². The van der Waals surface area contributed by atoms with Crippen molar-refractivity contribution in [1.82, 2.24) is 0 Å². The van der Waals surface area contributed by atoms with Crippen molar-refractivity contribution in [3.05, 3.63) is 0 Å². The van der Waals surface area contributed by atoms with E-state index in [0.29, 0.717) is 6.54 Å². The maximum Gasteiger partial charge on any atom is 0.0945 e. The minimum atomic E-state index is -0.274. The van der Waals surface area contributed by atoms with Gasteiger partial charge in [0.05, 0.1) is 6.67 Å². The first-order valence-electron chi connectivity index (χ1n) is 2.88. The van der Waals surface area contributed by atoms with Gasteiger partial charge in [0.2, 0.25) is 0 Å². The third-order valence-electron chi connectivity index (χ3n) is 1.18. The van der Waals surface area contributed by atoms with E-state index in [2.05, 4.69) is 0 Å². The van der Waals surface area contributed by atoms with Crippen LogP contribution in [0.25, 0.3) is 0 Å². The molecule has 0 aliphatic heterocycles. The largest absolute Gasteiger partial charge is 0.330 e. The second kappa shape index (κ2) is 3.02. The lowest BCUT2D eigenvalue weighted by Crippen LogP contribution is -2.18. The van der Waals surface area contributed by atoms with E-state index >= 15 is 0 Å². The molecule has 0 bridgehead atoms. The maximum absolute atomic E-state index is 11.9. The molecule has 0 aliphatic carbocycles. The zero-order valence-corrected chi connectivity index (χ0v) is 5.58. The van der Waals surface area contributed by atoms with Crippen LogP contribution in [0.3, 0.4) is 0 Å². The molecule has 0 heterocycles. The third-order valence-corrected chi connectivity index (χ3v) is 1.18. The Morgan fingerprint density at radius 3 is 2.12 bits per heavy atom. The van der Waals surface area contributed by atoms with Crippen molar-refractivity contribution in [1.29, 1.82) is 0 Å². The smallest absolute Gasteiger partial charge is 0.0945 e. The van der Waals surface area contributed by atoms with E-state index in [1.807, 2.05) is 13.8 Å². The summed E-state index contributed by atoms with van der Waals surface area (Å²) in [6.45, 7) is 4.06. The van der Waals surface area contributed by atoms with Crippen LogP contribution < -0.4 is 5.73 Å². The topological polar surface area (TPSA) is 26.0 Å². The molecule has 2 N–H and O–H groups in total. The number of hydrogen-bond donors (Lipinski definition) is 1. The van der Waals surface area contributed by atoms with Gasteiger partial charge < -0.3 is 5.73 Å². The maximum atomic E-state index is 11.9. The molecule has 2 heteroatoms. The Bertz CT molecular complexity index is 61.5. The summed E-state index contributed by atoms with van der Waals surface area (Å²) in [7, 11) is 0. The zero-order chi connectivity index (χ0) is 6.62. The van der Waals surface area contributed by atoms with E-state index in [0.717, 1.165) is 6.42 Å². The van der Waals surface area contributed by atoms with Crippen LogP contribution in [0.1, 0.15) is 20.3 Å². The number of alkyl halides is 1. The van der Waals surface area contributed by atoms with Gasteiger partial charge in [-0.1, -0.05) is 13.8 Å². The van der Waals surface area contributed by atoms with Gasteiger partial charge in [-0.05, 0) is 18.4 Å². The first kappa shape index (κ1) is 7.89. The molecule has 0 rings (SSSR count). The van der Waals surface area contributed by atoms with E-state index in [1.165, 1.54) is 0 Å². The summed E-state index contributed by atoms with van der Waals surface area (Å²) in [5.41, 5.74) is 5.02. The molecular formula is C6H14FN. The van der Waals surface area contributed by atoms with Crippen molar-refractivity contribution in [2.45, 2.75) is 20.3 Å². The van der Waals surface area contributed by atoms with Gasteiger partial charge in [0.15, 0.2) is 0 Å². The molecule has 0 fully saturated rings. The highest BCUT2D eigenvalue weighted by molar-refractivity contribution is 4.66. The second-order valence-corrected chi connectivity index (χ2v) is 2.84. The highest BCUT2D eigenvalue weighted by Gasteiger charge is 2.15. The predicted octanol–water partition coefficient (Wildman–Crippen LogP) is 1.33. The van der Waals surface area contributed by atoms with Gasteiger partial charge in [-0.25, -0.2) is 0 Å². The molecule has 8 heavy (non-hydrogen) atoms. The Labute approximate surface area is 50.1 Å². The molecule has 0 aromatic heterocycles. The Morgan fingerprint density at radius 1 is 1.50 bits per heavy atom. The summed E-state index contributed by atoms with van der Waals surface area (Å²) < 4.78 is 11.9. The van der Waals surface area contributed by atoms with E-state index < -0.39 is 0 Å². The molecule has 0 aliphatic rings. The minimum Gasteiger partial charge on any atom is -0.330 e. The molecule has 0 unspecified atom stereocenters. The van der Waals surface area contributed by atoms with Gasteiger partial charge in [-0.15, -0.1) is 0 Å². The van der Waals surface area contributed by atoms with Crippen molar-refractivity contribution in [2.24, 2.45) is 11.1 Å². The third kappa shape index (κ3) is 2.97. The van der Waals surface area contributed by atoms with Crippen molar-refractivity contribution in [2.75, 3.05) is 13.2 Å². The Hall–Kier alpha value is -0.110. The quantitative estimate of drug-likeness (QED) is 0.596. The van der Waals surface area contributed by atoms with Crippen LogP contribution in [0, 0.1) is 5.41 Å². The van der Waals surface area contributed by atoms with Gasteiger partial charge >= 0.3 is 0 Å². The summed E-state index contributed by atoms with van der Waals surface area (Å²) in [4.78, 5) is 0. The fourth-order valence-electron chi connectivity index (χ4n) is 0.458. The lowest BCUT2D eigenvalue weighted by Gasteiger charge is -2.17. The lowest BCUT2D eigenvalue weighted by atomic mass is 9.91. The SMILES string of the molecule is CC(C)(CF)CCN. The zero-order valence-electron chi connectivity index (χ0n) is 5.58. The minimum absolute atomic E-state index is 0.200. The first-order chi connectivity index (χ1) is 3.62. The highest BCUT2D eigenvalue weighted by atomic mass is 19.1. The molecule has 0 aromatic rings. The van der Waals surface area contributed by atoms with Crippen molar-refractivity contribution in [3.8, 4) is 0 Å². The van der Waals surface area contributed by atoms with Gasteiger partial charge in [0.1, 0.15) is 0 Å². The van der Waals surface area contributed by atoms with Crippen molar-refractivity contribution < 1.29 is 4.39 Å². The molecule has 0 atom stereocenters. The summed E-state index contributed by atoms with van der Waals surface area (Å²) in [6.07, 6.45) is 0.767. The van der Waals surface area contributed by atoms with Crippen LogP contribution in [-0.4, -0.2) is 13.2 Å². The highest BCUT2D eigenvalue weighted by Crippen LogP contribution is 2.18. The van der Waals surface area contributed by atoms with Gasteiger partial charge in [0.25, 0.3) is 0 Å². The van der Waals surface area contributed by atoms with Gasteiger partial charge in [-0.2, -0.15) is 0 Å². The van der Waals surface area contributed by atoms with Crippen LogP contribution in [-0.2, 0) is 0 Å². The number of rotatable bonds is 3. The molecular weight excluding hydrogens is 105 g/mol. The Balaban J connectivity index is 3.37.